The minimum atomic E-state index is 0.0797. The standard InChI is InChI=1S/C20H28N4O2/c1-14(2)18-22-20(26-23-18)15(3)24-11-9-17(10-12-24)19(25)21-13-16-7-5-4-6-8-16/h4-8,14-15,17H,9-13H2,1-3H3,(H,21,25). The maximum atomic E-state index is 12.4. The highest BCUT2D eigenvalue weighted by Crippen LogP contribution is 2.26. The van der Waals surface area contributed by atoms with Gasteiger partial charge in [-0.1, -0.05) is 49.3 Å². The predicted octanol–water partition coefficient (Wildman–Crippen LogP) is 3.28. The van der Waals surface area contributed by atoms with Crippen LogP contribution in [0.5, 0.6) is 0 Å². The predicted molar refractivity (Wildman–Crippen MR) is 99.4 cm³/mol. The van der Waals surface area contributed by atoms with E-state index in [4.69, 9.17) is 4.52 Å². The minimum absolute atomic E-state index is 0.0797. The molecule has 6 nitrogen and oxygen atoms in total. The van der Waals surface area contributed by atoms with Gasteiger partial charge in [0.05, 0.1) is 6.04 Å². The SMILES string of the molecule is CC(C)c1noc(C(C)N2CCC(C(=O)NCc3ccccc3)CC2)n1. The number of hydrogen-bond donors (Lipinski definition) is 1. The first kappa shape index (κ1) is 18.6. The Bertz CT molecular complexity index is 706. The molecule has 26 heavy (non-hydrogen) atoms. The van der Waals surface area contributed by atoms with E-state index < -0.39 is 0 Å². The summed E-state index contributed by atoms with van der Waals surface area (Å²) in [6, 6.07) is 10.1. The van der Waals surface area contributed by atoms with Crippen LogP contribution < -0.4 is 5.32 Å². The lowest BCUT2D eigenvalue weighted by Crippen LogP contribution is -2.41. The van der Waals surface area contributed by atoms with Crippen LogP contribution in [0, 0.1) is 5.92 Å². The number of hydrogen-bond acceptors (Lipinski definition) is 5. The maximum Gasteiger partial charge on any atom is 0.243 e. The van der Waals surface area contributed by atoms with Crippen molar-refractivity contribution in [2.45, 2.75) is 52.1 Å². The number of aromatic nitrogens is 2. The normalized spacial score (nSPS) is 17.4. The fourth-order valence-electron chi connectivity index (χ4n) is 3.29. The van der Waals surface area contributed by atoms with Gasteiger partial charge < -0.3 is 9.84 Å². The van der Waals surface area contributed by atoms with Crippen LogP contribution in [-0.4, -0.2) is 34.0 Å². The molecule has 1 aliphatic heterocycles. The van der Waals surface area contributed by atoms with Crippen molar-refractivity contribution in [1.29, 1.82) is 0 Å². The molecular weight excluding hydrogens is 328 g/mol. The summed E-state index contributed by atoms with van der Waals surface area (Å²) in [5.74, 6) is 1.92. The second kappa shape index (κ2) is 8.45. The number of amides is 1. The Morgan fingerprint density at radius 2 is 1.92 bits per heavy atom. The lowest BCUT2D eigenvalue weighted by Gasteiger charge is -2.33. The molecule has 0 saturated carbocycles. The molecule has 1 amide bonds. The summed E-state index contributed by atoms with van der Waals surface area (Å²) in [6.07, 6.45) is 1.71. The van der Waals surface area contributed by atoms with Gasteiger partial charge in [0, 0.05) is 18.4 Å². The van der Waals surface area contributed by atoms with Crippen molar-refractivity contribution >= 4 is 5.91 Å². The van der Waals surface area contributed by atoms with E-state index in [2.05, 4.69) is 41.1 Å². The fraction of sp³-hybridized carbons (Fsp3) is 0.550. The van der Waals surface area contributed by atoms with Crippen molar-refractivity contribution in [2.24, 2.45) is 5.92 Å². The molecular formula is C20H28N4O2. The van der Waals surface area contributed by atoms with Crippen LogP contribution in [0.1, 0.15) is 62.9 Å². The molecule has 0 radical (unpaired) electrons. The van der Waals surface area contributed by atoms with Gasteiger partial charge in [0.15, 0.2) is 5.82 Å². The van der Waals surface area contributed by atoms with Gasteiger partial charge in [-0.2, -0.15) is 4.98 Å². The third-order valence-corrected chi connectivity index (χ3v) is 5.09. The van der Waals surface area contributed by atoms with Crippen molar-refractivity contribution in [1.82, 2.24) is 20.4 Å². The van der Waals surface area contributed by atoms with E-state index in [1.807, 2.05) is 30.3 Å². The third-order valence-electron chi connectivity index (χ3n) is 5.09. The van der Waals surface area contributed by atoms with E-state index in [1.165, 1.54) is 0 Å². The topological polar surface area (TPSA) is 71.3 Å². The number of benzene rings is 1. The van der Waals surface area contributed by atoms with E-state index in [0.29, 0.717) is 12.4 Å². The van der Waals surface area contributed by atoms with E-state index >= 15 is 0 Å². The van der Waals surface area contributed by atoms with Gasteiger partial charge in [-0.15, -0.1) is 0 Å². The zero-order valence-electron chi connectivity index (χ0n) is 15.8. The molecule has 0 bridgehead atoms. The molecule has 2 aromatic rings. The van der Waals surface area contributed by atoms with Gasteiger partial charge in [-0.25, -0.2) is 0 Å². The zero-order chi connectivity index (χ0) is 18.5. The first-order valence-electron chi connectivity index (χ1n) is 9.43. The minimum Gasteiger partial charge on any atom is -0.352 e. The van der Waals surface area contributed by atoms with Gasteiger partial charge in [-0.05, 0) is 38.4 Å². The molecule has 140 valence electrons. The molecule has 0 spiro atoms. The molecule has 1 saturated heterocycles. The average molecular weight is 356 g/mol. The Kier molecular flexibility index (Phi) is 6.04. The highest BCUT2D eigenvalue weighted by Gasteiger charge is 2.29. The van der Waals surface area contributed by atoms with Crippen LogP contribution in [0.3, 0.4) is 0 Å². The van der Waals surface area contributed by atoms with Crippen LogP contribution in [0.4, 0.5) is 0 Å². The molecule has 1 fully saturated rings. The summed E-state index contributed by atoms with van der Waals surface area (Å²) < 4.78 is 5.42. The van der Waals surface area contributed by atoms with E-state index in [-0.39, 0.29) is 23.8 Å². The Labute approximate surface area is 155 Å². The van der Waals surface area contributed by atoms with E-state index in [0.717, 1.165) is 37.3 Å². The lowest BCUT2D eigenvalue weighted by atomic mass is 9.95. The molecule has 1 N–H and O–H groups in total. The number of nitrogens with one attached hydrogen (secondary N) is 1. The molecule has 1 atom stereocenters. The van der Waals surface area contributed by atoms with Crippen molar-refractivity contribution in [2.75, 3.05) is 13.1 Å². The molecule has 0 aliphatic carbocycles. The van der Waals surface area contributed by atoms with Gasteiger partial charge in [0.25, 0.3) is 0 Å². The summed E-state index contributed by atoms with van der Waals surface area (Å²) in [5.41, 5.74) is 1.13. The second-order valence-corrected chi connectivity index (χ2v) is 7.34. The number of nitrogens with zero attached hydrogens (tertiary/aromatic N) is 3. The van der Waals surface area contributed by atoms with E-state index in [9.17, 15) is 4.79 Å². The second-order valence-electron chi connectivity index (χ2n) is 7.34. The molecule has 1 aromatic heterocycles. The first-order chi connectivity index (χ1) is 12.5. The number of likely N-dealkylation sites (tertiary alicyclic amines) is 1. The maximum absolute atomic E-state index is 12.4. The Hall–Kier alpha value is -2.21. The summed E-state index contributed by atoms with van der Waals surface area (Å²) in [6.45, 7) is 8.52. The van der Waals surface area contributed by atoms with Crippen LogP contribution in [0.2, 0.25) is 0 Å². The Balaban J connectivity index is 1.47. The van der Waals surface area contributed by atoms with Crippen molar-refractivity contribution < 1.29 is 9.32 Å². The molecule has 1 aromatic carbocycles. The number of carbonyl (C=O) groups is 1. The van der Waals surface area contributed by atoms with Crippen LogP contribution in [-0.2, 0) is 11.3 Å². The highest BCUT2D eigenvalue weighted by atomic mass is 16.5. The monoisotopic (exact) mass is 356 g/mol. The molecule has 6 heteroatoms. The first-order valence-corrected chi connectivity index (χ1v) is 9.43. The molecule has 1 unspecified atom stereocenters. The van der Waals surface area contributed by atoms with E-state index in [1.54, 1.807) is 0 Å². The summed E-state index contributed by atoms with van der Waals surface area (Å²) in [7, 11) is 0. The van der Waals surface area contributed by atoms with Crippen LogP contribution in [0.25, 0.3) is 0 Å². The largest absolute Gasteiger partial charge is 0.352 e. The third kappa shape index (κ3) is 4.49. The van der Waals surface area contributed by atoms with Crippen molar-refractivity contribution in [3.05, 3.63) is 47.6 Å². The summed E-state index contributed by atoms with van der Waals surface area (Å²) >= 11 is 0. The zero-order valence-corrected chi connectivity index (χ0v) is 15.8. The Morgan fingerprint density at radius 3 is 2.54 bits per heavy atom. The molecule has 2 heterocycles. The lowest BCUT2D eigenvalue weighted by molar-refractivity contribution is -0.126. The fourth-order valence-corrected chi connectivity index (χ4v) is 3.29. The van der Waals surface area contributed by atoms with Gasteiger partial charge in [0.1, 0.15) is 0 Å². The number of carbonyl (C=O) groups excluding carboxylic acids is 1. The average Bonchev–Trinajstić information content (AvgIpc) is 3.17. The van der Waals surface area contributed by atoms with Gasteiger partial charge in [0.2, 0.25) is 11.8 Å². The summed E-state index contributed by atoms with van der Waals surface area (Å²) in [4.78, 5) is 19.2. The molecule has 1 aliphatic rings. The quantitative estimate of drug-likeness (QED) is 0.860. The highest BCUT2D eigenvalue weighted by molar-refractivity contribution is 5.78. The van der Waals surface area contributed by atoms with Crippen molar-refractivity contribution in [3.8, 4) is 0 Å². The van der Waals surface area contributed by atoms with Gasteiger partial charge >= 0.3 is 0 Å². The van der Waals surface area contributed by atoms with Crippen LogP contribution in [0.15, 0.2) is 34.9 Å². The smallest absolute Gasteiger partial charge is 0.243 e. The van der Waals surface area contributed by atoms with Crippen LogP contribution >= 0.6 is 0 Å². The van der Waals surface area contributed by atoms with Crippen molar-refractivity contribution in [3.63, 3.8) is 0 Å². The summed E-state index contributed by atoms with van der Waals surface area (Å²) in [5, 5.41) is 7.11. The molecule has 3 rings (SSSR count). The number of rotatable bonds is 6. The number of piperidine rings is 1. The van der Waals surface area contributed by atoms with Gasteiger partial charge in [-0.3, -0.25) is 9.69 Å². The Morgan fingerprint density at radius 1 is 1.23 bits per heavy atom.